The highest BCUT2D eigenvalue weighted by molar-refractivity contribution is 7.47. The van der Waals surface area contributed by atoms with E-state index in [1.165, 1.54) is 77.0 Å². The van der Waals surface area contributed by atoms with Crippen molar-refractivity contribution in [1.82, 2.24) is 5.32 Å². The van der Waals surface area contributed by atoms with Crippen molar-refractivity contribution in [2.45, 2.75) is 167 Å². The molecule has 272 valence electrons. The van der Waals surface area contributed by atoms with E-state index in [1.54, 1.807) is 6.08 Å². The second-order valence-electron chi connectivity index (χ2n) is 13.9. The molecule has 46 heavy (non-hydrogen) atoms. The van der Waals surface area contributed by atoms with Crippen molar-refractivity contribution in [2.75, 3.05) is 40.9 Å². The SMILES string of the molecule is CCC/C=C\CCCCCCCC(=O)NC(COP(=O)(O)OCC[N+](C)(C)C)C(O)/C=C/CCCCCCCCCCCCCC. The zero-order valence-electron chi connectivity index (χ0n) is 30.6. The maximum absolute atomic E-state index is 12.7. The number of aliphatic hydroxyl groups excluding tert-OH is 1. The highest BCUT2D eigenvalue weighted by Crippen LogP contribution is 2.43. The molecule has 0 aromatic rings. The number of likely N-dealkylation sites (N-methyl/N-ethyl adjacent to an activating group) is 1. The number of unbranched alkanes of at least 4 members (excludes halogenated alkanes) is 18. The zero-order valence-corrected chi connectivity index (χ0v) is 31.5. The van der Waals surface area contributed by atoms with Crippen LogP contribution < -0.4 is 5.32 Å². The molecule has 0 radical (unpaired) electrons. The van der Waals surface area contributed by atoms with Gasteiger partial charge in [-0.1, -0.05) is 134 Å². The van der Waals surface area contributed by atoms with Crippen LogP contribution in [-0.4, -0.2) is 73.4 Å². The minimum atomic E-state index is -4.32. The first-order chi connectivity index (χ1) is 22.0. The van der Waals surface area contributed by atoms with Crippen LogP contribution in [0.3, 0.4) is 0 Å². The van der Waals surface area contributed by atoms with Crippen molar-refractivity contribution >= 4 is 13.7 Å². The smallest absolute Gasteiger partial charge is 0.387 e. The Kier molecular flexibility index (Phi) is 29.4. The number of rotatable bonds is 33. The van der Waals surface area contributed by atoms with E-state index in [-0.39, 0.29) is 19.1 Å². The number of quaternary nitrogens is 1. The lowest BCUT2D eigenvalue weighted by Crippen LogP contribution is -2.45. The average Bonchev–Trinajstić information content (AvgIpc) is 2.99. The molecule has 0 aromatic heterocycles. The Morgan fingerprint density at radius 1 is 0.717 bits per heavy atom. The summed E-state index contributed by atoms with van der Waals surface area (Å²) in [4.78, 5) is 22.9. The van der Waals surface area contributed by atoms with Crippen LogP contribution in [-0.2, 0) is 18.4 Å². The molecule has 3 atom stereocenters. The van der Waals surface area contributed by atoms with Crippen molar-refractivity contribution < 1.29 is 32.9 Å². The second kappa shape index (κ2) is 30.1. The minimum Gasteiger partial charge on any atom is -0.387 e. The summed E-state index contributed by atoms with van der Waals surface area (Å²) in [5.74, 6) is -0.191. The van der Waals surface area contributed by atoms with E-state index in [0.29, 0.717) is 17.4 Å². The van der Waals surface area contributed by atoms with Gasteiger partial charge in [-0.3, -0.25) is 13.8 Å². The molecule has 0 spiro atoms. The molecular formula is C37H74N2O6P+. The van der Waals surface area contributed by atoms with Gasteiger partial charge in [0, 0.05) is 6.42 Å². The fourth-order valence-corrected chi connectivity index (χ4v) is 5.84. The van der Waals surface area contributed by atoms with Gasteiger partial charge in [-0.15, -0.1) is 0 Å². The molecule has 0 saturated heterocycles. The summed E-state index contributed by atoms with van der Waals surface area (Å²) in [6.07, 6.45) is 32.4. The maximum Gasteiger partial charge on any atom is 0.472 e. The van der Waals surface area contributed by atoms with Crippen molar-refractivity contribution in [3.8, 4) is 0 Å². The average molecular weight is 674 g/mol. The van der Waals surface area contributed by atoms with Gasteiger partial charge in [0.2, 0.25) is 5.91 Å². The van der Waals surface area contributed by atoms with Crippen molar-refractivity contribution in [3.63, 3.8) is 0 Å². The Morgan fingerprint density at radius 2 is 1.22 bits per heavy atom. The summed E-state index contributed by atoms with van der Waals surface area (Å²) in [5, 5.41) is 13.7. The summed E-state index contributed by atoms with van der Waals surface area (Å²) in [5.41, 5.74) is 0. The summed E-state index contributed by atoms with van der Waals surface area (Å²) in [6, 6.07) is -0.844. The summed E-state index contributed by atoms with van der Waals surface area (Å²) >= 11 is 0. The molecule has 0 rings (SSSR count). The molecule has 9 heteroatoms. The molecule has 8 nitrogen and oxygen atoms in total. The Bertz CT molecular complexity index is 814. The number of hydrogen-bond acceptors (Lipinski definition) is 5. The maximum atomic E-state index is 12.7. The Hall–Kier alpha value is -1.02. The van der Waals surface area contributed by atoms with Gasteiger partial charge in [0.15, 0.2) is 0 Å². The number of allylic oxidation sites excluding steroid dienone is 3. The third-order valence-electron chi connectivity index (χ3n) is 8.15. The molecule has 0 heterocycles. The first-order valence-electron chi connectivity index (χ1n) is 18.7. The van der Waals surface area contributed by atoms with Crippen LogP contribution in [0.1, 0.15) is 155 Å². The molecule has 0 aliphatic rings. The topological polar surface area (TPSA) is 105 Å². The van der Waals surface area contributed by atoms with Crippen molar-refractivity contribution in [2.24, 2.45) is 0 Å². The third kappa shape index (κ3) is 31.6. The molecular weight excluding hydrogens is 599 g/mol. The van der Waals surface area contributed by atoms with E-state index in [0.717, 1.165) is 57.8 Å². The highest BCUT2D eigenvalue weighted by atomic mass is 31.2. The number of hydrogen-bond donors (Lipinski definition) is 3. The van der Waals surface area contributed by atoms with Crippen LogP contribution >= 0.6 is 7.82 Å². The quantitative estimate of drug-likeness (QED) is 0.0278. The number of carbonyl (C=O) groups is 1. The van der Waals surface area contributed by atoms with Gasteiger partial charge >= 0.3 is 7.82 Å². The van der Waals surface area contributed by atoms with Gasteiger partial charge in [-0.05, 0) is 38.5 Å². The predicted molar refractivity (Wildman–Crippen MR) is 194 cm³/mol. The second-order valence-corrected chi connectivity index (χ2v) is 15.4. The van der Waals surface area contributed by atoms with Crippen molar-refractivity contribution in [3.05, 3.63) is 24.3 Å². The first kappa shape index (κ1) is 45.0. The monoisotopic (exact) mass is 674 g/mol. The van der Waals surface area contributed by atoms with E-state index in [4.69, 9.17) is 9.05 Å². The molecule has 0 aromatic carbocycles. The number of nitrogens with one attached hydrogen (secondary N) is 1. The minimum absolute atomic E-state index is 0.0604. The number of carbonyl (C=O) groups excluding carboxylic acids is 1. The van der Waals surface area contributed by atoms with Crippen LogP contribution in [0.15, 0.2) is 24.3 Å². The van der Waals surface area contributed by atoms with Crippen molar-refractivity contribution in [1.29, 1.82) is 0 Å². The third-order valence-corrected chi connectivity index (χ3v) is 9.13. The van der Waals surface area contributed by atoms with Crippen LogP contribution in [0.4, 0.5) is 0 Å². The van der Waals surface area contributed by atoms with Crippen LogP contribution in [0, 0.1) is 0 Å². The van der Waals surface area contributed by atoms with Crippen LogP contribution in [0.5, 0.6) is 0 Å². The van der Waals surface area contributed by atoms with Gasteiger partial charge in [0.1, 0.15) is 13.2 Å². The fourth-order valence-electron chi connectivity index (χ4n) is 5.10. The number of phosphoric ester groups is 1. The Labute approximate surface area is 284 Å². The predicted octanol–water partition coefficient (Wildman–Crippen LogP) is 9.41. The Morgan fingerprint density at radius 3 is 1.76 bits per heavy atom. The molecule has 3 N–H and O–H groups in total. The Balaban J connectivity index is 4.56. The summed E-state index contributed by atoms with van der Waals surface area (Å²) in [7, 11) is 1.56. The van der Waals surface area contributed by atoms with E-state index < -0.39 is 20.0 Å². The molecule has 0 saturated carbocycles. The number of amides is 1. The van der Waals surface area contributed by atoms with E-state index in [9.17, 15) is 19.4 Å². The number of nitrogens with zero attached hydrogens (tertiary/aromatic N) is 1. The highest BCUT2D eigenvalue weighted by Gasteiger charge is 2.27. The molecule has 0 fully saturated rings. The fraction of sp³-hybridized carbons (Fsp3) is 0.865. The van der Waals surface area contributed by atoms with Gasteiger partial charge in [-0.25, -0.2) is 4.57 Å². The van der Waals surface area contributed by atoms with E-state index in [1.807, 2.05) is 27.2 Å². The summed E-state index contributed by atoms with van der Waals surface area (Å²) in [6.45, 7) is 4.72. The lowest BCUT2D eigenvalue weighted by atomic mass is 10.0. The van der Waals surface area contributed by atoms with Crippen LogP contribution in [0.2, 0.25) is 0 Å². The lowest BCUT2D eigenvalue weighted by molar-refractivity contribution is -0.870. The summed E-state index contributed by atoms with van der Waals surface area (Å²) < 4.78 is 23.4. The number of aliphatic hydroxyl groups is 1. The standard InChI is InChI=1S/C37H73N2O6P/c1-6-8-10-12-14-16-18-19-20-21-22-24-26-28-30-36(40)35(34-45-46(42,43)44-33-32-39(3,4)5)38-37(41)31-29-27-25-23-17-15-13-11-9-7-2/h11,13,28,30,35-36,40H,6-10,12,14-27,29,31-34H2,1-5H3,(H-,38,41,42,43)/p+1/b13-11-,30-28+. The molecule has 0 bridgehead atoms. The number of phosphoric acid groups is 1. The zero-order chi connectivity index (χ0) is 34.4. The molecule has 3 unspecified atom stereocenters. The largest absolute Gasteiger partial charge is 0.472 e. The van der Waals surface area contributed by atoms with Gasteiger partial charge < -0.3 is 19.8 Å². The van der Waals surface area contributed by atoms with Crippen LogP contribution in [0.25, 0.3) is 0 Å². The van der Waals surface area contributed by atoms with Gasteiger partial charge in [0.25, 0.3) is 0 Å². The molecule has 0 aliphatic heterocycles. The van der Waals surface area contributed by atoms with E-state index >= 15 is 0 Å². The normalized spacial score (nSPS) is 15.0. The first-order valence-corrected chi connectivity index (χ1v) is 20.2. The van der Waals surface area contributed by atoms with Gasteiger partial charge in [-0.2, -0.15) is 0 Å². The van der Waals surface area contributed by atoms with Gasteiger partial charge in [0.05, 0.1) is 39.9 Å². The van der Waals surface area contributed by atoms with E-state index in [2.05, 4.69) is 31.3 Å². The molecule has 1 amide bonds. The molecule has 0 aliphatic carbocycles. The lowest BCUT2D eigenvalue weighted by Gasteiger charge is -2.25.